The third-order valence-corrected chi connectivity index (χ3v) is 19.6. The summed E-state index contributed by atoms with van der Waals surface area (Å²) in [5.41, 5.74) is 34.1. The Hall–Kier alpha value is -8.29. The Morgan fingerprint density at radius 2 is 0.537 bits per heavy atom. The summed E-state index contributed by atoms with van der Waals surface area (Å²) in [5.74, 6) is 0. The fraction of sp³-hybridized carbons (Fsp3) is 0. The maximum absolute atomic E-state index is 2.68. The maximum Gasteiger partial charge on any atom is 0.244 e. The minimum absolute atomic E-state index is 0.0491. The molecule has 0 aromatic heterocycles. The van der Waals surface area contributed by atoms with Crippen molar-refractivity contribution in [2.75, 3.05) is 0 Å². The Bertz CT molecular complexity index is 4690. The van der Waals surface area contributed by atoms with Crippen LogP contribution in [0.15, 0.2) is 255 Å². The number of benzene rings is 14. The first-order valence-corrected chi connectivity index (χ1v) is 29.9. The molecule has 4 heterocycles. The molecule has 4 aliphatic rings. The molecule has 0 fully saturated rings. The summed E-state index contributed by atoms with van der Waals surface area (Å²) < 4.78 is 2.51. The van der Waals surface area contributed by atoms with Gasteiger partial charge in [-0.3, -0.25) is 0 Å². The Labute approximate surface area is 492 Å². The quantitative estimate of drug-likeness (QED) is 0.0884. The predicted molar refractivity (Wildman–Crippen MR) is 359 cm³/mol. The van der Waals surface area contributed by atoms with Gasteiger partial charge in [-0.1, -0.05) is 239 Å². The van der Waals surface area contributed by atoms with Crippen LogP contribution in [0.5, 0.6) is 0 Å². The van der Waals surface area contributed by atoms with Crippen molar-refractivity contribution in [2.24, 2.45) is 0 Å². The molecule has 0 nitrogen and oxygen atoms in total. The van der Waals surface area contributed by atoms with Crippen LogP contribution < -0.4 is 32.8 Å². The number of fused-ring (bicyclic) bond motifs is 10. The fourth-order valence-electron chi connectivity index (χ4n) is 15.2. The predicted octanol–water partition coefficient (Wildman–Crippen LogP) is 16.7. The lowest BCUT2D eigenvalue weighted by molar-refractivity contribution is 1.59. The monoisotopic (exact) mass is 1230 g/mol. The van der Waals surface area contributed by atoms with E-state index in [2.05, 4.69) is 300 Å². The van der Waals surface area contributed by atoms with Crippen molar-refractivity contribution >= 4 is 124 Å². The number of halogens is 2. The van der Waals surface area contributed by atoms with Crippen molar-refractivity contribution < 1.29 is 0 Å². The Kier molecular flexibility index (Phi) is 9.74. The molecule has 80 heavy (non-hydrogen) atoms. The first-order valence-electron chi connectivity index (χ1n) is 27.8. The molecule has 0 N–H and O–H groups in total. The Morgan fingerprint density at radius 1 is 0.200 bits per heavy atom. The van der Waals surface area contributed by atoms with Crippen LogP contribution in [0.2, 0.25) is 0 Å². The zero-order valence-corrected chi connectivity index (χ0v) is 47.5. The van der Waals surface area contributed by atoms with E-state index in [4.69, 9.17) is 0 Å². The smallest absolute Gasteiger partial charge is 0.0657 e. The van der Waals surface area contributed by atoms with Crippen LogP contribution >= 0.6 is 45.2 Å². The lowest BCUT2D eigenvalue weighted by atomic mass is 9.34. The molecule has 14 aromatic carbocycles. The zero-order valence-electron chi connectivity index (χ0n) is 43.2. The molecule has 0 radical (unpaired) electrons. The average Bonchev–Trinajstić information content (AvgIpc) is 4.17. The van der Waals surface area contributed by atoms with Gasteiger partial charge in [0.25, 0.3) is 0 Å². The van der Waals surface area contributed by atoms with E-state index in [9.17, 15) is 0 Å². The molecule has 14 aromatic rings. The molecule has 0 saturated carbocycles. The van der Waals surface area contributed by atoms with E-state index in [1.807, 2.05) is 0 Å². The third-order valence-electron chi connectivity index (χ3n) is 18.4. The van der Waals surface area contributed by atoms with Gasteiger partial charge in [-0.25, -0.2) is 0 Å². The van der Waals surface area contributed by atoms with Crippen LogP contribution in [0.25, 0.3) is 144 Å². The van der Waals surface area contributed by atoms with E-state index in [-0.39, 0.29) is 13.4 Å². The van der Waals surface area contributed by atoms with Crippen LogP contribution in [0.1, 0.15) is 0 Å². The molecule has 4 heteroatoms. The Balaban J connectivity index is 1.04. The normalized spacial score (nSPS) is 12.8. The van der Waals surface area contributed by atoms with Crippen molar-refractivity contribution in [1.29, 1.82) is 0 Å². The topological polar surface area (TPSA) is 0 Å². The third kappa shape index (κ3) is 6.35. The molecule has 0 unspecified atom stereocenters. The first-order chi connectivity index (χ1) is 39.5. The highest BCUT2D eigenvalue weighted by Crippen LogP contribution is 2.53. The van der Waals surface area contributed by atoms with Gasteiger partial charge in [0, 0.05) is 7.14 Å². The van der Waals surface area contributed by atoms with Gasteiger partial charge in [-0.15, -0.1) is 0 Å². The minimum atomic E-state index is 0.0491. The average molecular weight is 1230 g/mol. The lowest BCUT2D eigenvalue weighted by Crippen LogP contribution is -2.53. The van der Waals surface area contributed by atoms with Crippen LogP contribution in [0.4, 0.5) is 0 Å². The van der Waals surface area contributed by atoms with Gasteiger partial charge in [-0.05, 0) is 237 Å². The molecule has 0 atom stereocenters. The van der Waals surface area contributed by atoms with Gasteiger partial charge in [0.15, 0.2) is 0 Å². The molecule has 4 aliphatic heterocycles. The number of hydrogen-bond acceptors (Lipinski definition) is 0. The molecular formula is C76H42B2I2. The van der Waals surface area contributed by atoms with Crippen LogP contribution in [0.3, 0.4) is 0 Å². The second kappa shape index (κ2) is 17.1. The van der Waals surface area contributed by atoms with E-state index >= 15 is 0 Å². The molecule has 366 valence electrons. The summed E-state index contributed by atoms with van der Waals surface area (Å²) in [6, 6.07) is 97.5. The van der Waals surface area contributed by atoms with Gasteiger partial charge in [0.2, 0.25) is 13.4 Å². The summed E-state index contributed by atoms with van der Waals surface area (Å²) in [5, 5.41) is 8.16. The molecule has 0 bridgehead atoms. The highest BCUT2D eigenvalue weighted by molar-refractivity contribution is 14.1. The summed E-state index contributed by atoms with van der Waals surface area (Å²) in [6.45, 7) is 0.0982. The Morgan fingerprint density at radius 3 is 0.925 bits per heavy atom. The standard InChI is InChI=1S/C76H42B2I2/c79-49-35-63-57-33-47(43-17-5-1-6-18-43)29-31-67(57)77-69-41-61-56(54-28-16-14-26-52(54)46-23-11-4-12-24-46)40-60-66-38-50(80)36-64-58-34-48(44-19-7-2-8-20-44)30-32-68(58)78(76(64)66)70-42-62-55(53-27-15-13-25-51(53)45-21-9-3-10-22-45)39-59(65(37-49)75(63)77)71(69)73(62)74(61)72(60)70/h1-42H. The zero-order chi connectivity index (χ0) is 52.5. The van der Waals surface area contributed by atoms with E-state index < -0.39 is 0 Å². The summed E-state index contributed by atoms with van der Waals surface area (Å²) in [4.78, 5) is 0. The molecule has 18 rings (SSSR count). The molecule has 0 spiro atoms. The van der Waals surface area contributed by atoms with Crippen molar-refractivity contribution in [3.63, 3.8) is 0 Å². The fourth-order valence-corrected chi connectivity index (χ4v) is 16.4. The molecular weight excluding hydrogens is 1190 g/mol. The van der Waals surface area contributed by atoms with Gasteiger partial charge < -0.3 is 0 Å². The molecule has 0 amide bonds. The van der Waals surface area contributed by atoms with Crippen molar-refractivity contribution in [1.82, 2.24) is 0 Å². The van der Waals surface area contributed by atoms with E-state index in [0.29, 0.717) is 0 Å². The number of rotatable bonds is 6. The SMILES string of the molecule is Ic1cc2c3c(c1)-c1cc(-c4ccccc4-c4ccccc4)c4cc5c6c(cc(-c7ccccc7-c7ccccc7)c7cc(c1c4c76)B3c1ccc(-c3ccccc3)cc1-2)-c1cc(I)cc2c1B5c1ccc(-c3ccccc3)cc1-2. The largest absolute Gasteiger partial charge is 0.244 e. The van der Waals surface area contributed by atoms with E-state index in [0.717, 1.165) is 0 Å². The summed E-state index contributed by atoms with van der Waals surface area (Å²) in [7, 11) is 0. The van der Waals surface area contributed by atoms with Crippen molar-refractivity contribution in [3.05, 3.63) is 262 Å². The lowest BCUT2D eigenvalue weighted by Gasteiger charge is -2.33. The molecule has 0 aliphatic carbocycles. The van der Waals surface area contributed by atoms with Gasteiger partial charge in [0.1, 0.15) is 0 Å². The second-order valence-electron chi connectivity index (χ2n) is 22.3. The van der Waals surface area contributed by atoms with Crippen molar-refractivity contribution in [2.45, 2.75) is 0 Å². The second-order valence-corrected chi connectivity index (χ2v) is 24.8. The summed E-state index contributed by atoms with van der Waals surface area (Å²) >= 11 is 5.20. The summed E-state index contributed by atoms with van der Waals surface area (Å²) in [6.07, 6.45) is 0. The number of hydrogen-bond donors (Lipinski definition) is 0. The van der Waals surface area contributed by atoms with E-state index in [1.165, 1.54) is 184 Å². The van der Waals surface area contributed by atoms with Gasteiger partial charge in [0.05, 0.1) is 0 Å². The van der Waals surface area contributed by atoms with E-state index in [1.54, 1.807) is 0 Å². The minimum Gasteiger partial charge on any atom is -0.0657 e. The maximum atomic E-state index is 2.68. The van der Waals surface area contributed by atoms with Crippen molar-refractivity contribution in [3.8, 4) is 111 Å². The van der Waals surface area contributed by atoms with Crippen LogP contribution in [-0.2, 0) is 0 Å². The highest BCUT2D eigenvalue weighted by atomic mass is 127. The van der Waals surface area contributed by atoms with Gasteiger partial charge in [-0.2, -0.15) is 0 Å². The first kappa shape index (κ1) is 45.6. The van der Waals surface area contributed by atoms with Crippen LogP contribution in [-0.4, -0.2) is 13.4 Å². The van der Waals surface area contributed by atoms with Gasteiger partial charge >= 0.3 is 0 Å². The van der Waals surface area contributed by atoms with Crippen LogP contribution in [0, 0.1) is 7.14 Å². The highest BCUT2D eigenvalue weighted by Gasteiger charge is 2.45. The molecule has 0 saturated heterocycles.